The maximum absolute atomic E-state index is 13.2. The van der Waals surface area contributed by atoms with Crippen LogP contribution in [0.3, 0.4) is 0 Å². The van der Waals surface area contributed by atoms with E-state index in [2.05, 4.69) is 25.7 Å². The molecule has 0 amide bonds. The van der Waals surface area contributed by atoms with Gasteiger partial charge in [0.15, 0.2) is 0 Å². The minimum Gasteiger partial charge on any atom is -0.462 e. The summed E-state index contributed by atoms with van der Waals surface area (Å²) in [6.45, 7) is 8.46. The first-order valence-electron chi connectivity index (χ1n) is 9.67. The Morgan fingerprint density at radius 2 is 1.52 bits per heavy atom. The molecule has 0 aliphatic carbocycles. The van der Waals surface area contributed by atoms with Crippen molar-refractivity contribution in [3.8, 4) is 0 Å². The second-order valence-corrected chi connectivity index (χ2v) is 6.64. The van der Waals surface area contributed by atoms with Gasteiger partial charge >= 0.3 is 5.97 Å². The molecule has 0 aliphatic heterocycles. The molecule has 2 aromatic rings. The van der Waals surface area contributed by atoms with Crippen LogP contribution >= 0.6 is 0 Å². The van der Waals surface area contributed by atoms with Crippen molar-refractivity contribution in [2.24, 2.45) is 0 Å². The molecule has 0 aliphatic rings. The largest absolute Gasteiger partial charge is 0.462 e. The van der Waals surface area contributed by atoms with Crippen molar-refractivity contribution in [3.05, 3.63) is 71.8 Å². The number of rotatable bonds is 10. The molecule has 0 heterocycles. The molecular formula is C23H31NO3. The maximum atomic E-state index is 13.2. The lowest BCUT2D eigenvalue weighted by atomic mass is 9.86. The molecule has 0 radical (unpaired) electrons. The van der Waals surface area contributed by atoms with E-state index in [1.165, 1.54) is 0 Å². The number of methoxy groups -OCH3 is 1. The minimum atomic E-state index is -1.27. The van der Waals surface area contributed by atoms with E-state index in [0.717, 1.165) is 24.1 Å². The fraction of sp³-hybridized carbons (Fsp3) is 0.435. The van der Waals surface area contributed by atoms with E-state index in [0.29, 0.717) is 19.2 Å². The van der Waals surface area contributed by atoms with Crippen molar-refractivity contribution < 1.29 is 14.3 Å². The Hall–Kier alpha value is -2.17. The van der Waals surface area contributed by atoms with Gasteiger partial charge in [-0.25, -0.2) is 4.79 Å². The Balaban J connectivity index is 2.25. The third kappa shape index (κ3) is 4.76. The monoisotopic (exact) mass is 369 g/mol. The average Bonchev–Trinajstić information content (AvgIpc) is 2.73. The van der Waals surface area contributed by atoms with Crippen molar-refractivity contribution in [3.63, 3.8) is 0 Å². The molecule has 1 atom stereocenters. The quantitative estimate of drug-likeness (QED) is 0.587. The van der Waals surface area contributed by atoms with Crippen LogP contribution in [0.1, 0.15) is 38.3 Å². The highest BCUT2D eigenvalue weighted by Gasteiger charge is 2.44. The van der Waals surface area contributed by atoms with Gasteiger partial charge in [0, 0.05) is 19.7 Å². The van der Waals surface area contributed by atoms with Crippen LogP contribution in [-0.2, 0) is 19.9 Å². The minimum absolute atomic E-state index is 0.335. The summed E-state index contributed by atoms with van der Waals surface area (Å²) in [6, 6.07) is 19.5. The molecule has 1 unspecified atom stereocenters. The number of carbonyl (C=O) groups is 1. The summed E-state index contributed by atoms with van der Waals surface area (Å²) in [5, 5.41) is 0. The summed E-state index contributed by atoms with van der Waals surface area (Å²) in [5.74, 6) is -0.386. The summed E-state index contributed by atoms with van der Waals surface area (Å²) >= 11 is 0. The first kappa shape index (κ1) is 21.1. The number of hydrogen-bond acceptors (Lipinski definition) is 4. The predicted molar refractivity (Wildman–Crippen MR) is 109 cm³/mol. The van der Waals surface area contributed by atoms with E-state index in [1.807, 2.05) is 60.7 Å². The highest BCUT2D eigenvalue weighted by atomic mass is 16.6. The van der Waals surface area contributed by atoms with Gasteiger partial charge in [0.05, 0.1) is 0 Å². The van der Waals surface area contributed by atoms with Gasteiger partial charge in [-0.05, 0) is 31.0 Å². The van der Waals surface area contributed by atoms with Gasteiger partial charge in [0.1, 0.15) is 6.61 Å². The molecule has 0 aromatic heterocycles. The van der Waals surface area contributed by atoms with Crippen molar-refractivity contribution in [1.82, 2.24) is 4.90 Å². The lowest BCUT2D eigenvalue weighted by Crippen LogP contribution is -2.42. The van der Waals surface area contributed by atoms with Crippen LogP contribution in [0.4, 0.5) is 0 Å². The Bertz CT molecular complexity index is 648. The summed E-state index contributed by atoms with van der Waals surface area (Å²) in [5.41, 5.74) is 0.256. The lowest BCUT2D eigenvalue weighted by Gasteiger charge is -2.32. The molecule has 2 rings (SSSR count). The molecular weight excluding hydrogens is 338 g/mol. The van der Waals surface area contributed by atoms with Gasteiger partial charge in [0.2, 0.25) is 5.60 Å². The maximum Gasteiger partial charge on any atom is 0.347 e. The van der Waals surface area contributed by atoms with E-state index >= 15 is 0 Å². The zero-order valence-electron chi connectivity index (χ0n) is 16.9. The lowest BCUT2D eigenvalue weighted by molar-refractivity contribution is -0.166. The van der Waals surface area contributed by atoms with Crippen molar-refractivity contribution in [2.45, 2.75) is 38.8 Å². The zero-order chi connectivity index (χ0) is 19.7. The molecule has 27 heavy (non-hydrogen) atoms. The second kappa shape index (κ2) is 10.2. The van der Waals surface area contributed by atoms with Crippen molar-refractivity contribution >= 4 is 5.97 Å². The third-order valence-corrected chi connectivity index (χ3v) is 5.19. The van der Waals surface area contributed by atoms with Gasteiger partial charge < -0.3 is 9.47 Å². The standard InChI is InChI=1S/C23H31NO3/c1-5-19(3)24(6-2)17-18-27-22(25)23(26-4,20-13-9-7-10-14-20)21-15-11-8-12-16-21/h7-16,19H,5-6,17-18H2,1-4H3. The summed E-state index contributed by atoms with van der Waals surface area (Å²) in [6.07, 6.45) is 1.07. The molecule has 0 saturated heterocycles. The molecule has 0 bridgehead atoms. The highest BCUT2D eigenvalue weighted by Crippen LogP contribution is 2.34. The van der Waals surface area contributed by atoms with Crippen LogP contribution in [0, 0.1) is 0 Å². The Morgan fingerprint density at radius 1 is 1.00 bits per heavy atom. The topological polar surface area (TPSA) is 38.8 Å². The first-order chi connectivity index (χ1) is 13.1. The first-order valence-corrected chi connectivity index (χ1v) is 9.67. The SMILES string of the molecule is CCC(C)N(CC)CCOC(=O)C(OC)(c1ccccc1)c1ccccc1. The van der Waals surface area contributed by atoms with Gasteiger partial charge in [-0.2, -0.15) is 0 Å². The predicted octanol–water partition coefficient (Wildman–Crippen LogP) is 4.24. The van der Waals surface area contributed by atoms with Crippen LogP contribution in [-0.4, -0.2) is 43.7 Å². The van der Waals surface area contributed by atoms with E-state index in [1.54, 1.807) is 7.11 Å². The Morgan fingerprint density at radius 3 is 1.93 bits per heavy atom. The van der Waals surface area contributed by atoms with Crippen LogP contribution in [0.2, 0.25) is 0 Å². The summed E-state index contributed by atoms with van der Waals surface area (Å²) < 4.78 is 11.6. The summed E-state index contributed by atoms with van der Waals surface area (Å²) in [7, 11) is 1.55. The number of likely N-dealkylation sites (N-methyl/N-ethyl adjacent to an activating group) is 1. The molecule has 0 saturated carbocycles. The second-order valence-electron chi connectivity index (χ2n) is 6.64. The molecule has 0 fully saturated rings. The summed E-state index contributed by atoms with van der Waals surface area (Å²) in [4.78, 5) is 15.6. The van der Waals surface area contributed by atoms with Gasteiger partial charge in [-0.15, -0.1) is 0 Å². The molecule has 146 valence electrons. The smallest absolute Gasteiger partial charge is 0.347 e. The number of nitrogens with zero attached hydrogens (tertiary/aromatic N) is 1. The number of ether oxygens (including phenoxy) is 2. The van der Waals surface area contributed by atoms with Gasteiger partial charge in [-0.3, -0.25) is 4.90 Å². The van der Waals surface area contributed by atoms with Crippen LogP contribution in [0.25, 0.3) is 0 Å². The third-order valence-electron chi connectivity index (χ3n) is 5.19. The highest BCUT2D eigenvalue weighted by molar-refractivity contribution is 5.85. The van der Waals surface area contributed by atoms with Gasteiger partial charge in [-0.1, -0.05) is 74.5 Å². The van der Waals surface area contributed by atoms with Crippen LogP contribution < -0.4 is 0 Å². The Labute approximate surface area is 163 Å². The number of esters is 1. The zero-order valence-corrected chi connectivity index (χ0v) is 16.9. The van der Waals surface area contributed by atoms with Crippen LogP contribution in [0.5, 0.6) is 0 Å². The fourth-order valence-electron chi connectivity index (χ4n) is 3.37. The average molecular weight is 370 g/mol. The van der Waals surface area contributed by atoms with Crippen molar-refractivity contribution in [2.75, 3.05) is 26.8 Å². The van der Waals surface area contributed by atoms with Crippen molar-refractivity contribution in [1.29, 1.82) is 0 Å². The Kier molecular flexibility index (Phi) is 8.01. The molecule has 0 spiro atoms. The van der Waals surface area contributed by atoms with Gasteiger partial charge in [0.25, 0.3) is 0 Å². The van der Waals surface area contributed by atoms with Crippen LogP contribution in [0.15, 0.2) is 60.7 Å². The van der Waals surface area contributed by atoms with E-state index in [-0.39, 0.29) is 5.97 Å². The fourth-order valence-corrected chi connectivity index (χ4v) is 3.37. The van der Waals surface area contributed by atoms with E-state index in [9.17, 15) is 4.79 Å². The number of hydrogen-bond donors (Lipinski definition) is 0. The normalized spacial score (nSPS) is 12.8. The molecule has 2 aromatic carbocycles. The number of benzene rings is 2. The number of carbonyl (C=O) groups excluding carboxylic acids is 1. The molecule has 0 N–H and O–H groups in total. The molecule has 4 heteroatoms. The molecule has 4 nitrogen and oxygen atoms in total. The van der Waals surface area contributed by atoms with E-state index in [4.69, 9.17) is 9.47 Å². The van der Waals surface area contributed by atoms with E-state index < -0.39 is 5.60 Å².